The van der Waals surface area contributed by atoms with Gasteiger partial charge >= 0.3 is 15.6 Å². The lowest BCUT2D eigenvalue weighted by Crippen LogP contribution is -2.28. The van der Waals surface area contributed by atoms with Gasteiger partial charge in [-0.3, -0.25) is 4.98 Å². The molecule has 36 heavy (non-hydrogen) atoms. The molecule has 188 valence electrons. The highest BCUT2D eigenvalue weighted by Crippen LogP contribution is 2.27. The number of pyridine rings is 2. The minimum atomic E-state index is -5.84. The Morgan fingerprint density at radius 3 is 2.69 bits per heavy atom. The Kier molecular flexibility index (Phi) is 6.92. The van der Waals surface area contributed by atoms with Gasteiger partial charge in [-0.25, -0.2) is 9.37 Å². The summed E-state index contributed by atoms with van der Waals surface area (Å²) in [5.74, 6) is -1.13. The fourth-order valence-electron chi connectivity index (χ4n) is 3.30. The molecular weight excluding hydrogens is 524 g/mol. The van der Waals surface area contributed by atoms with Crippen molar-refractivity contribution in [3.05, 3.63) is 94.8 Å². The van der Waals surface area contributed by atoms with Crippen LogP contribution in [-0.4, -0.2) is 28.9 Å². The molecule has 0 saturated carbocycles. The van der Waals surface area contributed by atoms with Crippen LogP contribution in [0.1, 0.15) is 22.5 Å². The van der Waals surface area contributed by atoms with Crippen molar-refractivity contribution in [2.45, 2.75) is 18.5 Å². The molecule has 0 amide bonds. The topological polar surface area (TPSA) is 97.0 Å². The second kappa shape index (κ2) is 9.78. The van der Waals surface area contributed by atoms with Crippen molar-refractivity contribution in [2.24, 2.45) is 0 Å². The van der Waals surface area contributed by atoms with E-state index in [2.05, 4.69) is 31.0 Å². The van der Waals surface area contributed by atoms with Crippen LogP contribution in [0.2, 0.25) is 5.02 Å². The van der Waals surface area contributed by atoms with Gasteiger partial charge in [0, 0.05) is 64.8 Å². The Morgan fingerprint density at radius 1 is 1.17 bits per heavy atom. The van der Waals surface area contributed by atoms with Crippen molar-refractivity contribution in [1.82, 2.24) is 20.3 Å². The summed E-state index contributed by atoms with van der Waals surface area (Å²) < 4.78 is 78.6. The maximum absolute atomic E-state index is 14.4. The molecule has 0 saturated heterocycles. The van der Waals surface area contributed by atoms with Crippen LogP contribution >= 0.6 is 11.6 Å². The van der Waals surface area contributed by atoms with E-state index in [0.717, 1.165) is 6.07 Å². The second-order valence-corrected chi connectivity index (χ2v) is 9.57. The van der Waals surface area contributed by atoms with Crippen LogP contribution in [0, 0.1) is 5.82 Å². The summed E-state index contributed by atoms with van der Waals surface area (Å²) >= 11 is 6.11. The summed E-state index contributed by atoms with van der Waals surface area (Å²) in [6, 6.07) is 10.1. The van der Waals surface area contributed by atoms with E-state index in [1.165, 1.54) is 24.4 Å². The van der Waals surface area contributed by atoms with E-state index in [1.54, 1.807) is 24.4 Å². The average molecular weight is 541 g/mol. The number of halogens is 5. The fraction of sp³-hybridized carbons (Fsp3) is 0.130. The molecule has 0 aliphatic rings. The van der Waals surface area contributed by atoms with Crippen LogP contribution in [0.25, 0.3) is 16.6 Å². The maximum atomic E-state index is 14.4. The van der Waals surface area contributed by atoms with Crippen LogP contribution in [0.3, 0.4) is 0 Å². The van der Waals surface area contributed by atoms with Gasteiger partial charge in [-0.15, -0.1) is 0 Å². The van der Waals surface area contributed by atoms with Gasteiger partial charge < -0.3 is 14.5 Å². The number of aromatic nitrogens is 3. The Labute approximate surface area is 207 Å². The first-order valence-electron chi connectivity index (χ1n) is 10.2. The first-order valence-corrected chi connectivity index (χ1v) is 12.0. The van der Waals surface area contributed by atoms with Gasteiger partial charge in [0.15, 0.2) is 0 Å². The third-order valence-corrected chi connectivity index (χ3v) is 6.35. The number of fused-ring (bicyclic) bond motifs is 1. The number of benzene rings is 1. The number of H-pyrrole nitrogens is 1. The predicted octanol–water partition coefficient (Wildman–Crippen LogP) is 5.33. The predicted molar refractivity (Wildman–Crippen MR) is 126 cm³/mol. The van der Waals surface area contributed by atoms with Crippen LogP contribution in [0.4, 0.5) is 17.6 Å². The van der Waals surface area contributed by atoms with Gasteiger partial charge in [0.1, 0.15) is 5.82 Å². The van der Waals surface area contributed by atoms with Gasteiger partial charge in [-0.2, -0.15) is 21.6 Å². The first-order chi connectivity index (χ1) is 16.9. The summed E-state index contributed by atoms with van der Waals surface area (Å²) in [7, 11) is -5.84. The van der Waals surface area contributed by atoms with Crippen molar-refractivity contribution in [2.75, 3.05) is 0 Å². The number of hydrogen-bond acceptors (Lipinski definition) is 6. The van der Waals surface area contributed by atoms with Gasteiger partial charge in [0.25, 0.3) is 0 Å². The molecule has 0 fully saturated rings. The number of nitrogens with one attached hydrogen (secondary N) is 2. The number of alkyl halides is 3. The molecule has 0 unspecified atom stereocenters. The summed E-state index contributed by atoms with van der Waals surface area (Å²) in [6.07, 6.45) is 3.14. The maximum Gasteiger partial charge on any atom is 0.534 e. The number of nitrogens with zero attached hydrogens (tertiary/aromatic N) is 2. The number of rotatable bonds is 8. The summed E-state index contributed by atoms with van der Waals surface area (Å²) in [6.45, 7) is 4.10. The lowest BCUT2D eigenvalue weighted by Gasteiger charge is -2.12. The molecule has 0 bridgehead atoms. The molecular formula is C23H17ClF4N4O3S. The molecule has 0 aliphatic heterocycles. The normalized spacial score (nSPS) is 12.0. The Morgan fingerprint density at radius 2 is 1.94 bits per heavy atom. The van der Waals surface area contributed by atoms with E-state index >= 15 is 0 Å². The van der Waals surface area contributed by atoms with Crippen molar-refractivity contribution < 1.29 is 30.2 Å². The number of aromatic amines is 1. The Hall–Kier alpha value is -3.64. The highest BCUT2D eigenvalue weighted by Gasteiger charge is 2.48. The van der Waals surface area contributed by atoms with E-state index < -0.39 is 27.3 Å². The molecule has 2 N–H and O–H groups in total. The van der Waals surface area contributed by atoms with E-state index in [0.29, 0.717) is 38.4 Å². The molecule has 13 heteroatoms. The summed E-state index contributed by atoms with van der Waals surface area (Å²) in [5.41, 5.74) is -2.80. The molecule has 0 spiro atoms. The van der Waals surface area contributed by atoms with Crippen LogP contribution in [0.5, 0.6) is 5.88 Å². The van der Waals surface area contributed by atoms with Crippen molar-refractivity contribution in [1.29, 1.82) is 0 Å². The standard InChI is InChI=1S/C23H17ClF4N4O3S/c1-13(30-11-15-8-18-19(24)12-31-21(18)10-20(15)25)14-5-6-29-17(7-14)9-16-3-2-4-22(32-16)35-36(33,34)23(26,27)28/h2-8,10,12,30-31H,1,9,11H2. The lowest BCUT2D eigenvalue weighted by atomic mass is 10.1. The molecule has 0 atom stereocenters. The van der Waals surface area contributed by atoms with Gasteiger partial charge in [0.2, 0.25) is 5.88 Å². The zero-order valence-corrected chi connectivity index (χ0v) is 19.8. The minimum Gasteiger partial charge on any atom is -0.381 e. The highest BCUT2D eigenvalue weighted by atomic mass is 35.5. The fourth-order valence-corrected chi connectivity index (χ4v) is 3.93. The third-order valence-electron chi connectivity index (χ3n) is 5.08. The van der Waals surface area contributed by atoms with Crippen molar-refractivity contribution in [3.8, 4) is 5.88 Å². The van der Waals surface area contributed by atoms with Gasteiger partial charge in [-0.05, 0) is 30.3 Å². The smallest absolute Gasteiger partial charge is 0.381 e. The zero-order chi connectivity index (χ0) is 26.1. The first kappa shape index (κ1) is 25.5. The van der Waals surface area contributed by atoms with Crippen molar-refractivity contribution >= 4 is 38.3 Å². The van der Waals surface area contributed by atoms with Crippen LogP contribution < -0.4 is 9.50 Å². The molecule has 0 radical (unpaired) electrons. The summed E-state index contributed by atoms with van der Waals surface area (Å²) in [4.78, 5) is 10.9. The largest absolute Gasteiger partial charge is 0.534 e. The van der Waals surface area contributed by atoms with Crippen LogP contribution in [-0.2, 0) is 23.1 Å². The van der Waals surface area contributed by atoms with E-state index in [9.17, 15) is 26.0 Å². The molecule has 3 aromatic heterocycles. The quantitative estimate of drug-likeness (QED) is 0.178. The van der Waals surface area contributed by atoms with Crippen LogP contribution in [0.15, 0.2) is 61.4 Å². The molecule has 1 aromatic carbocycles. The average Bonchev–Trinajstić information content (AvgIpc) is 3.16. The third kappa shape index (κ3) is 5.60. The molecule has 7 nitrogen and oxygen atoms in total. The zero-order valence-electron chi connectivity index (χ0n) is 18.2. The Balaban J connectivity index is 1.45. The van der Waals surface area contributed by atoms with Crippen molar-refractivity contribution in [3.63, 3.8) is 0 Å². The summed E-state index contributed by atoms with van der Waals surface area (Å²) in [5, 5.41) is 4.21. The van der Waals surface area contributed by atoms with E-state index in [-0.39, 0.29) is 18.7 Å². The monoisotopic (exact) mass is 540 g/mol. The second-order valence-electron chi connectivity index (χ2n) is 7.62. The SMILES string of the molecule is C=C(NCc1cc2c(Cl)c[nH]c2cc1F)c1ccnc(Cc2cccc(OS(=O)(=O)C(F)(F)F)n2)c1. The molecule has 4 rings (SSSR count). The van der Waals surface area contributed by atoms with E-state index in [4.69, 9.17) is 11.6 Å². The minimum absolute atomic E-state index is 0.0711. The molecule has 3 heterocycles. The van der Waals surface area contributed by atoms with Gasteiger partial charge in [0.05, 0.1) is 10.7 Å². The molecule has 0 aliphatic carbocycles. The number of hydrogen-bond donors (Lipinski definition) is 2. The van der Waals surface area contributed by atoms with Gasteiger partial charge in [-0.1, -0.05) is 24.2 Å². The Bertz CT molecular complexity index is 1550. The molecule has 4 aromatic rings. The van der Waals surface area contributed by atoms with E-state index in [1.807, 2.05) is 0 Å². The highest BCUT2D eigenvalue weighted by molar-refractivity contribution is 7.87. The lowest BCUT2D eigenvalue weighted by molar-refractivity contribution is -0.0501.